The molecule has 0 saturated heterocycles. The van der Waals surface area contributed by atoms with Crippen molar-refractivity contribution in [3.05, 3.63) is 23.3 Å². The number of carboxylic acids is 1. The molecule has 0 bridgehead atoms. The largest absolute Gasteiger partial charge is 0.508 e. The van der Waals surface area contributed by atoms with Crippen LogP contribution in [0, 0.1) is 0 Å². The molecule has 0 atom stereocenters. The molecular formula is C25H42O4. The molecule has 0 amide bonds. The lowest BCUT2D eigenvalue weighted by Crippen LogP contribution is -2.03. The van der Waals surface area contributed by atoms with E-state index in [4.69, 9.17) is 0 Å². The van der Waals surface area contributed by atoms with Gasteiger partial charge in [-0.1, -0.05) is 103 Å². The Morgan fingerprint density at radius 3 is 1.52 bits per heavy atom. The standard InChI is InChI=1S/C25H42O4/c1-2-3-4-5-6-7-8-9-10-11-12-13-14-15-16-17-18-22-23(25(28)29)19-21(26)20-24(22)27/h19-20,26-27H,2-18H2,1H3,(H,28,29). The van der Waals surface area contributed by atoms with Crippen LogP contribution >= 0.6 is 0 Å². The number of carboxylic acid groups (broad SMARTS) is 1. The van der Waals surface area contributed by atoms with E-state index >= 15 is 0 Å². The van der Waals surface area contributed by atoms with Crippen LogP contribution in [-0.4, -0.2) is 21.3 Å². The summed E-state index contributed by atoms with van der Waals surface area (Å²) in [6.07, 6.45) is 21.3. The first-order valence-corrected chi connectivity index (χ1v) is 11.8. The first-order chi connectivity index (χ1) is 14.1. The first kappa shape index (κ1) is 25.3. The molecule has 1 rings (SSSR count). The second kappa shape index (κ2) is 16.1. The van der Waals surface area contributed by atoms with Crippen LogP contribution in [0.15, 0.2) is 12.1 Å². The summed E-state index contributed by atoms with van der Waals surface area (Å²) in [7, 11) is 0. The van der Waals surface area contributed by atoms with Crippen molar-refractivity contribution in [2.45, 2.75) is 116 Å². The van der Waals surface area contributed by atoms with Crippen molar-refractivity contribution in [3.8, 4) is 11.5 Å². The first-order valence-electron chi connectivity index (χ1n) is 11.8. The Morgan fingerprint density at radius 1 is 0.690 bits per heavy atom. The van der Waals surface area contributed by atoms with Crippen molar-refractivity contribution < 1.29 is 20.1 Å². The van der Waals surface area contributed by atoms with Crippen LogP contribution in [0.3, 0.4) is 0 Å². The Morgan fingerprint density at radius 2 is 1.10 bits per heavy atom. The minimum Gasteiger partial charge on any atom is -0.508 e. The quantitative estimate of drug-likeness (QED) is 0.219. The summed E-state index contributed by atoms with van der Waals surface area (Å²) in [4.78, 5) is 11.3. The van der Waals surface area contributed by atoms with Crippen LogP contribution in [-0.2, 0) is 6.42 Å². The lowest BCUT2D eigenvalue weighted by Gasteiger charge is -2.09. The highest BCUT2D eigenvalue weighted by atomic mass is 16.4. The summed E-state index contributed by atoms with van der Waals surface area (Å²) in [6.45, 7) is 2.26. The molecule has 0 aliphatic heterocycles. The molecule has 4 nitrogen and oxygen atoms in total. The highest BCUT2D eigenvalue weighted by molar-refractivity contribution is 5.90. The number of phenolic OH excluding ortho intramolecular Hbond substituents is 2. The molecule has 0 aliphatic rings. The van der Waals surface area contributed by atoms with Gasteiger partial charge < -0.3 is 15.3 Å². The molecule has 0 radical (unpaired) electrons. The number of unbranched alkanes of at least 4 members (excludes halogenated alkanes) is 15. The maximum Gasteiger partial charge on any atom is 0.336 e. The zero-order chi connectivity index (χ0) is 21.3. The van der Waals surface area contributed by atoms with Crippen molar-refractivity contribution in [2.75, 3.05) is 0 Å². The third-order valence-electron chi connectivity index (χ3n) is 5.72. The third-order valence-corrected chi connectivity index (χ3v) is 5.72. The monoisotopic (exact) mass is 406 g/mol. The van der Waals surface area contributed by atoms with E-state index in [0.29, 0.717) is 12.0 Å². The second-order valence-electron chi connectivity index (χ2n) is 8.35. The Hall–Kier alpha value is -1.71. The SMILES string of the molecule is CCCCCCCCCCCCCCCCCCc1c(O)cc(O)cc1C(=O)O. The fourth-order valence-corrected chi connectivity index (χ4v) is 3.95. The van der Waals surface area contributed by atoms with Gasteiger partial charge in [-0.25, -0.2) is 4.79 Å². The number of phenols is 2. The number of carbonyl (C=O) groups is 1. The second-order valence-corrected chi connectivity index (χ2v) is 8.35. The van der Waals surface area contributed by atoms with Crippen molar-refractivity contribution in [1.29, 1.82) is 0 Å². The molecule has 1 aromatic rings. The normalized spacial score (nSPS) is 11.1. The van der Waals surface area contributed by atoms with Crippen LogP contribution in [0.5, 0.6) is 11.5 Å². The number of hydrogen-bond donors (Lipinski definition) is 3. The predicted octanol–water partition coefficient (Wildman–Crippen LogP) is 7.60. The maximum atomic E-state index is 11.3. The fourth-order valence-electron chi connectivity index (χ4n) is 3.95. The molecule has 0 aliphatic carbocycles. The number of rotatable bonds is 18. The van der Waals surface area contributed by atoms with Gasteiger partial charge in [-0.05, 0) is 18.9 Å². The molecule has 1 aromatic carbocycles. The van der Waals surface area contributed by atoms with Crippen LogP contribution in [0.25, 0.3) is 0 Å². The van der Waals surface area contributed by atoms with E-state index in [9.17, 15) is 20.1 Å². The topological polar surface area (TPSA) is 77.8 Å². The Balaban J connectivity index is 1.98. The summed E-state index contributed by atoms with van der Waals surface area (Å²) in [5.74, 6) is -1.44. The molecule has 0 saturated carbocycles. The van der Waals surface area contributed by atoms with Gasteiger partial charge in [-0.2, -0.15) is 0 Å². The van der Waals surface area contributed by atoms with Crippen molar-refractivity contribution in [1.82, 2.24) is 0 Å². The zero-order valence-corrected chi connectivity index (χ0v) is 18.4. The van der Waals surface area contributed by atoms with Gasteiger partial charge in [0.15, 0.2) is 0 Å². The average molecular weight is 407 g/mol. The lowest BCUT2D eigenvalue weighted by molar-refractivity contribution is 0.0694. The van der Waals surface area contributed by atoms with Crippen LogP contribution in [0.4, 0.5) is 0 Å². The molecule has 0 aromatic heterocycles. The molecule has 0 spiro atoms. The van der Waals surface area contributed by atoms with E-state index in [2.05, 4.69) is 6.92 Å². The minimum atomic E-state index is -1.11. The van der Waals surface area contributed by atoms with Gasteiger partial charge in [-0.3, -0.25) is 0 Å². The Bertz CT molecular complexity index is 568. The van der Waals surface area contributed by atoms with Crippen molar-refractivity contribution in [2.24, 2.45) is 0 Å². The van der Waals surface area contributed by atoms with Gasteiger partial charge in [0.1, 0.15) is 11.5 Å². The number of aromatic hydroxyl groups is 2. The van der Waals surface area contributed by atoms with E-state index in [0.717, 1.165) is 19.3 Å². The van der Waals surface area contributed by atoms with E-state index < -0.39 is 5.97 Å². The molecule has 166 valence electrons. The third kappa shape index (κ3) is 11.8. The summed E-state index contributed by atoms with van der Waals surface area (Å²) >= 11 is 0. The maximum absolute atomic E-state index is 11.3. The van der Waals surface area contributed by atoms with E-state index in [1.54, 1.807) is 0 Å². The van der Waals surface area contributed by atoms with Gasteiger partial charge in [0.2, 0.25) is 0 Å². The average Bonchev–Trinajstić information content (AvgIpc) is 2.68. The zero-order valence-electron chi connectivity index (χ0n) is 18.4. The Kier molecular flexibility index (Phi) is 14.1. The smallest absolute Gasteiger partial charge is 0.336 e. The molecule has 4 heteroatoms. The number of benzene rings is 1. The Labute approximate surface area is 177 Å². The lowest BCUT2D eigenvalue weighted by atomic mass is 9.98. The van der Waals surface area contributed by atoms with E-state index in [-0.39, 0.29) is 17.1 Å². The van der Waals surface area contributed by atoms with Crippen LogP contribution < -0.4 is 0 Å². The molecule has 0 heterocycles. The van der Waals surface area contributed by atoms with E-state index in [1.165, 1.54) is 95.6 Å². The highest BCUT2D eigenvalue weighted by Gasteiger charge is 2.15. The highest BCUT2D eigenvalue weighted by Crippen LogP contribution is 2.29. The van der Waals surface area contributed by atoms with Crippen LogP contribution in [0.1, 0.15) is 126 Å². The van der Waals surface area contributed by atoms with Gasteiger partial charge >= 0.3 is 5.97 Å². The summed E-state index contributed by atoms with van der Waals surface area (Å²) in [5.41, 5.74) is 0.434. The minimum absolute atomic E-state index is 0.00320. The molecule has 3 N–H and O–H groups in total. The fraction of sp³-hybridized carbons (Fsp3) is 0.720. The van der Waals surface area contributed by atoms with Crippen molar-refractivity contribution >= 4 is 5.97 Å². The van der Waals surface area contributed by atoms with Gasteiger partial charge in [0, 0.05) is 11.6 Å². The molecular weight excluding hydrogens is 364 g/mol. The van der Waals surface area contributed by atoms with Crippen LogP contribution in [0.2, 0.25) is 0 Å². The van der Waals surface area contributed by atoms with Crippen molar-refractivity contribution in [3.63, 3.8) is 0 Å². The van der Waals surface area contributed by atoms with Gasteiger partial charge in [-0.15, -0.1) is 0 Å². The summed E-state index contributed by atoms with van der Waals surface area (Å²) < 4.78 is 0. The van der Waals surface area contributed by atoms with Gasteiger partial charge in [0.25, 0.3) is 0 Å². The molecule has 0 unspecified atom stereocenters. The number of aromatic carboxylic acids is 1. The van der Waals surface area contributed by atoms with E-state index in [1.807, 2.05) is 0 Å². The molecule has 0 fully saturated rings. The molecule has 29 heavy (non-hydrogen) atoms. The van der Waals surface area contributed by atoms with Gasteiger partial charge in [0.05, 0.1) is 5.56 Å². The number of hydrogen-bond acceptors (Lipinski definition) is 3. The summed E-state index contributed by atoms with van der Waals surface area (Å²) in [6, 6.07) is 2.43. The predicted molar refractivity (Wildman–Crippen MR) is 120 cm³/mol. The summed E-state index contributed by atoms with van der Waals surface area (Å²) in [5, 5.41) is 28.6.